The largest absolute Gasteiger partial charge is 0.480 e. The van der Waals surface area contributed by atoms with E-state index < -0.39 is 28.4 Å². The summed E-state index contributed by atoms with van der Waals surface area (Å²) in [6.07, 6.45) is 0.576. The van der Waals surface area contributed by atoms with E-state index in [9.17, 15) is 18.0 Å². The zero-order valence-electron chi connectivity index (χ0n) is 14.3. The molecule has 0 radical (unpaired) electrons. The van der Waals surface area contributed by atoms with Gasteiger partial charge in [-0.25, -0.2) is 8.42 Å². The summed E-state index contributed by atoms with van der Waals surface area (Å²) in [5.41, 5.74) is 7.07. The summed E-state index contributed by atoms with van der Waals surface area (Å²) in [6.45, 7) is 1.17. The van der Waals surface area contributed by atoms with Crippen LogP contribution in [0.3, 0.4) is 0 Å². The third-order valence-electron chi connectivity index (χ3n) is 3.77. The molecular formula is C18H20N2O5S. The van der Waals surface area contributed by atoms with Gasteiger partial charge < -0.3 is 10.8 Å². The molecule has 0 atom stereocenters. The van der Waals surface area contributed by atoms with E-state index in [0.717, 1.165) is 15.4 Å². The molecule has 0 aliphatic rings. The van der Waals surface area contributed by atoms with E-state index in [-0.39, 0.29) is 17.0 Å². The molecule has 8 heteroatoms. The van der Waals surface area contributed by atoms with Crippen LogP contribution in [-0.4, -0.2) is 31.9 Å². The first-order valence-electron chi connectivity index (χ1n) is 7.88. The molecule has 138 valence electrons. The molecule has 0 aliphatic heterocycles. The molecule has 1 amide bonds. The number of primary amides is 1. The Morgan fingerprint density at radius 1 is 1.04 bits per heavy atom. The van der Waals surface area contributed by atoms with Crippen molar-refractivity contribution >= 4 is 27.6 Å². The van der Waals surface area contributed by atoms with Gasteiger partial charge in [0.1, 0.15) is 6.54 Å². The number of nitrogens with zero attached hydrogens (tertiary/aromatic N) is 1. The van der Waals surface area contributed by atoms with Crippen molar-refractivity contribution < 1.29 is 23.1 Å². The highest BCUT2D eigenvalue weighted by Gasteiger charge is 2.27. The Bertz CT molecular complexity index is 890. The van der Waals surface area contributed by atoms with Crippen molar-refractivity contribution in [1.29, 1.82) is 0 Å². The van der Waals surface area contributed by atoms with Gasteiger partial charge in [-0.2, -0.15) is 0 Å². The van der Waals surface area contributed by atoms with Crippen molar-refractivity contribution in [2.45, 2.75) is 24.7 Å². The van der Waals surface area contributed by atoms with Crippen LogP contribution in [0.15, 0.2) is 53.4 Å². The van der Waals surface area contributed by atoms with Gasteiger partial charge in [0, 0.05) is 6.42 Å². The number of carboxylic acid groups (broad SMARTS) is 1. The molecule has 3 N–H and O–H groups in total. The summed E-state index contributed by atoms with van der Waals surface area (Å²) in [5.74, 6) is -1.69. The van der Waals surface area contributed by atoms with Crippen LogP contribution in [0.1, 0.15) is 17.5 Å². The molecule has 0 aliphatic carbocycles. The third kappa shape index (κ3) is 4.82. The molecule has 0 saturated carbocycles. The Morgan fingerprint density at radius 3 is 2.12 bits per heavy atom. The number of rotatable bonds is 8. The van der Waals surface area contributed by atoms with Gasteiger partial charge in [-0.1, -0.05) is 29.8 Å². The van der Waals surface area contributed by atoms with Crippen molar-refractivity contribution in [3.05, 3.63) is 59.7 Å². The second-order valence-electron chi connectivity index (χ2n) is 5.85. The highest BCUT2D eigenvalue weighted by molar-refractivity contribution is 7.92. The summed E-state index contributed by atoms with van der Waals surface area (Å²) in [7, 11) is -4.05. The predicted molar refractivity (Wildman–Crippen MR) is 97.3 cm³/mol. The van der Waals surface area contributed by atoms with Gasteiger partial charge in [0.2, 0.25) is 5.91 Å². The fraction of sp³-hybridized carbons (Fsp3) is 0.222. The number of amides is 1. The minimum Gasteiger partial charge on any atom is -0.480 e. The third-order valence-corrected chi connectivity index (χ3v) is 5.56. The van der Waals surface area contributed by atoms with Crippen molar-refractivity contribution in [2.24, 2.45) is 5.73 Å². The number of carbonyl (C=O) groups is 2. The van der Waals surface area contributed by atoms with Crippen LogP contribution in [0.2, 0.25) is 0 Å². The summed E-state index contributed by atoms with van der Waals surface area (Å²) in [4.78, 5) is 22.0. The number of nitrogens with two attached hydrogens (primary N) is 1. The number of sulfonamides is 1. The average molecular weight is 376 g/mol. The zero-order chi connectivity index (χ0) is 19.3. The molecule has 2 aromatic carbocycles. The van der Waals surface area contributed by atoms with Gasteiger partial charge in [0.05, 0.1) is 10.6 Å². The summed E-state index contributed by atoms with van der Waals surface area (Å²) in [5, 5.41) is 9.13. The molecule has 7 nitrogen and oxygen atoms in total. The number of benzene rings is 2. The van der Waals surface area contributed by atoms with Gasteiger partial charge >= 0.3 is 5.97 Å². The van der Waals surface area contributed by atoms with Crippen molar-refractivity contribution in [3.8, 4) is 0 Å². The number of carbonyl (C=O) groups excluding carboxylic acids is 1. The van der Waals surface area contributed by atoms with Crippen molar-refractivity contribution in [3.63, 3.8) is 0 Å². The summed E-state index contributed by atoms with van der Waals surface area (Å²) in [6, 6.07) is 12.5. The fourth-order valence-corrected chi connectivity index (χ4v) is 3.79. The maximum Gasteiger partial charge on any atom is 0.324 e. The maximum absolute atomic E-state index is 12.9. The predicted octanol–water partition coefficient (Wildman–Crippen LogP) is 1.69. The van der Waals surface area contributed by atoms with Crippen LogP contribution >= 0.6 is 0 Å². The average Bonchev–Trinajstić information content (AvgIpc) is 2.59. The lowest BCUT2D eigenvalue weighted by Crippen LogP contribution is -2.35. The molecule has 26 heavy (non-hydrogen) atoms. The minimum absolute atomic E-state index is 0.0258. The van der Waals surface area contributed by atoms with E-state index in [4.69, 9.17) is 10.8 Å². The van der Waals surface area contributed by atoms with Gasteiger partial charge in [0.15, 0.2) is 0 Å². The highest BCUT2D eigenvalue weighted by Crippen LogP contribution is 2.24. The van der Waals surface area contributed by atoms with Crippen molar-refractivity contribution in [1.82, 2.24) is 0 Å². The molecule has 0 spiro atoms. The lowest BCUT2D eigenvalue weighted by Gasteiger charge is -2.23. The Hall–Kier alpha value is -2.87. The first-order valence-corrected chi connectivity index (χ1v) is 9.32. The number of aliphatic carboxylic acids is 1. The van der Waals surface area contributed by atoms with Crippen LogP contribution in [-0.2, 0) is 26.0 Å². The molecule has 0 heterocycles. The van der Waals surface area contributed by atoms with Gasteiger partial charge in [0.25, 0.3) is 10.0 Å². The Kier molecular flexibility index (Phi) is 5.99. The quantitative estimate of drug-likeness (QED) is 0.727. The van der Waals surface area contributed by atoms with Crippen molar-refractivity contribution in [2.75, 3.05) is 10.8 Å². The van der Waals surface area contributed by atoms with Crippen LogP contribution in [0.4, 0.5) is 5.69 Å². The van der Waals surface area contributed by atoms with Crippen LogP contribution in [0, 0.1) is 6.92 Å². The Balaban J connectivity index is 2.35. The number of hydrogen-bond acceptors (Lipinski definition) is 4. The maximum atomic E-state index is 12.9. The molecule has 0 bridgehead atoms. The van der Waals surface area contributed by atoms with E-state index in [1.807, 2.05) is 6.92 Å². The molecule has 0 fully saturated rings. The first kappa shape index (κ1) is 19.5. The molecule has 0 aromatic heterocycles. The topological polar surface area (TPSA) is 118 Å². The van der Waals surface area contributed by atoms with E-state index in [0.29, 0.717) is 6.42 Å². The minimum atomic E-state index is -4.05. The molecule has 2 rings (SSSR count). The monoisotopic (exact) mass is 376 g/mol. The zero-order valence-corrected chi connectivity index (χ0v) is 15.1. The summed E-state index contributed by atoms with van der Waals surface area (Å²) >= 11 is 0. The van der Waals surface area contributed by atoms with E-state index in [1.54, 1.807) is 36.4 Å². The number of hydrogen-bond donors (Lipinski definition) is 2. The number of aryl methyl sites for hydroxylation is 2. The van der Waals surface area contributed by atoms with E-state index >= 15 is 0 Å². The molecule has 0 unspecified atom stereocenters. The first-order chi connectivity index (χ1) is 12.2. The fourth-order valence-electron chi connectivity index (χ4n) is 2.37. The smallest absolute Gasteiger partial charge is 0.324 e. The van der Waals surface area contributed by atoms with Crippen LogP contribution in [0.25, 0.3) is 0 Å². The Labute approximate surface area is 152 Å². The molecule has 2 aromatic rings. The van der Waals surface area contributed by atoms with Crippen LogP contribution < -0.4 is 10.0 Å². The lowest BCUT2D eigenvalue weighted by molar-refractivity contribution is -0.135. The Morgan fingerprint density at radius 2 is 1.62 bits per heavy atom. The van der Waals surface area contributed by atoms with Gasteiger partial charge in [-0.15, -0.1) is 0 Å². The SMILES string of the molecule is Cc1ccc(N(CC(=O)O)S(=O)(=O)c2ccc(CCC(N)=O)cc2)cc1. The van der Waals surface area contributed by atoms with Gasteiger partial charge in [-0.3, -0.25) is 13.9 Å². The van der Waals surface area contributed by atoms with Crippen LogP contribution in [0.5, 0.6) is 0 Å². The normalized spacial score (nSPS) is 11.1. The van der Waals surface area contributed by atoms with Gasteiger partial charge in [-0.05, 0) is 43.2 Å². The highest BCUT2D eigenvalue weighted by atomic mass is 32.2. The molecule has 0 saturated heterocycles. The number of anilines is 1. The standard InChI is InChI=1S/C18H20N2O5S/c1-13-2-7-15(8-3-13)20(12-18(22)23)26(24,25)16-9-4-14(5-10-16)6-11-17(19)21/h2-5,7-10H,6,11-12H2,1H3,(H2,19,21)(H,22,23). The number of carboxylic acids is 1. The second kappa shape index (κ2) is 8.01. The van der Waals surface area contributed by atoms with E-state index in [2.05, 4.69) is 0 Å². The lowest BCUT2D eigenvalue weighted by atomic mass is 10.1. The summed E-state index contributed by atoms with van der Waals surface area (Å²) < 4.78 is 26.7. The van der Waals surface area contributed by atoms with E-state index in [1.165, 1.54) is 12.1 Å². The second-order valence-corrected chi connectivity index (χ2v) is 7.71. The molecular weight excluding hydrogens is 356 g/mol.